The average molecular weight is 258 g/mol. The van der Waals surface area contributed by atoms with E-state index in [-0.39, 0.29) is 0 Å². The maximum atomic E-state index is 5.36. The van der Waals surface area contributed by atoms with Crippen LogP contribution in [0.25, 0.3) is 11.4 Å². The molecule has 19 heavy (non-hydrogen) atoms. The third kappa shape index (κ3) is 2.93. The summed E-state index contributed by atoms with van der Waals surface area (Å²) in [6, 6.07) is 8.21. The molecule has 0 radical (unpaired) electrons. The Labute approximate surface area is 112 Å². The number of H-pyrrole nitrogens is 1. The predicted octanol–water partition coefficient (Wildman–Crippen LogP) is 2.23. The normalized spacial score (nSPS) is 18.7. The fourth-order valence-electron chi connectivity index (χ4n) is 2.22. The molecule has 2 aromatic rings. The van der Waals surface area contributed by atoms with Gasteiger partial charge in [-0.25, -0.2) is 4.98 Å². The van der Waals surface area contributed by atoms with Gasteiger partial charge < -0.3 is 10.1 Å². The quantitative estimate of drug-likeness (QED) is 0.882. The summed E-state index contributed by atoms with van der Waals surface area (Å²) in [6.07, 6.45) is 1.15. The first-order chi connectivity index (χ1) is 9.31. The molecule has 1 aliphatic rings. The Bertz CT molecular complexity index is 529. The molecule has 1 saturated heterocycles. The standard InChI is InChI=1S/C14H18N4O/c1-10-16-14(18-17-10)12-2-4-13(5-3-12)15-8-11-6-7-19-9-11/h2-5,11,15H,6-9H2,1H3,(H,16,17,18). The number of nitrogens with one attached hydrogen (secondary N) is 2. The minimum Gasteiger partial charge on any atom is -0.385 e. The van der Waals surface area contributed by atoms with Crippen LogP contribution in [0.2, 0.25) is 0 Å². The van der Waals surface area contributed by atoms with Crippen molar-refractivity contribution in [3.63, 3.8) is 0 Å². The zero-order valence-corrected chi connectivity index (χ0v) is 11.0. The molecular weight excluding hydrogens is 240 g/mol. The van der Waals surface area contributed by atoms with E-state index in [1.165, 1.54) is 0 Å². The number of benzene rings is 1. The Balaban J connectivity index is 1.62. The van der Waals surface area contributed by atoms with Crippen LogP contribution in [0, 0.1) is 12.8 Å². The molecule has 2 heterocycles. The summed E-state index contributed by atoms with van der Waals surface area (Å²) < 4.78 is 5.36. The second-order valence-electron chi connectivity index (χ2n) is 4.93. The third-order valence-electron chi connectivity index (χ3n) is 3.36. The molecule has 1 aromatic carbocycles. The summed E-state index contributed by atoms with van der Waals surface area (Å²) in [6.45, 7) is 4.65. The van der Waals surface area contributed by atoms with Gasteiger partial charge in [0, 0.05) is 30.3 Å². The van der Waals surface area contributed by atoms with Gasteiger partial charge in [-0.05, 0) is 37.6 Å². The number of aromatic amines is 1. The molecule has 1 aliphatic heterocycles. The SMILES string of the molecule is Cc1nc(-c2ccc(NCC3CCOC3)cc2)n[nH]1. The predicted molar refractivity (Wildman–Crippen MR) is 74.0 cm³/mol. The molecule has 0 bridgehead atoms. The highest BCUT2D eigenvalue weighted by atomic mass is 16.5. The Morgan fingerprint density at radius 1 is 1.37 bits per heavy atom. The van der Waals surface area contributed by atoms with Crippen LogP contribution in [-0.4, -0.2) is 34.9 Å². The van der Waals surface area contributed by atoms with E-state index in [0.29, 0.717) is 5.92 Å². The molecule has 3 rings (SSSR count). The highest BCUT2D eigenvalue weighted by molar-refractivity contribution is 5.59. The van der Waals surface area contributed by atoms with E-state index in [9.17, 15) is 0 Å². The van der Waals surface area contributed by atoms with Crippen LogP contribution < -0.4 is 5.32 Å². The maximum Gasteiger partial charge on any atom is 0.181 e. The number of rotatable bonds is 4. The van der Waals surface area contributed by atoms with Crippen molar-refractivity contribution < 1.29 is 4.74 Å². The Kier molecular flexibility index (Phi) is 3.46. The Morgan fingerprint density at radius 2 is 2.21 bits per heavy atom. The molecule has 5 nitrogen and oxygen atoms in total. The molecule has 5 heteroatoms. The number of nitrogens with zero attached hydrogens (tertiary/aromatic N) is 2. The first-order valence-electron chi connectivity index (χ1n) is 6.62. The molecule has 0 spiro atoms. The van der Waals surface area contributed by atoms with Crippen molar-refractivity contribution in [1.29, 1.82) is 0 Å². The number of aryl methyl sites for hydroxylation is 1. The summed E-state index contributed by atoms with van der Waals surface area (Å²) in [7, 11) is 0. The molecule has 1 unspecified atom stereocenters. The van der Waals surface area contributed by atoms with Crippen LogP contribution in [0.3, 0.4) is 0 Å². The number of aromatic nitrogens is 3. The molecule has 2 N–H and O–H groups in total. The lowest BCUT2D eigenvalue weighted by molar-refractivity contribution is 0.187. The van der Waals surface area contributed by atoms with Crippen LogP contribution >= 0.6 is 0 Å². The summed E-state index contributed by atoms with van der Waals surface area (Å²) >= 11 is 0. The number of hydrogen-bond donors (Lipinski definition) is 2. The third-order valence-corrected chi connectivity index (χ3v) is 3.36. The highest BCUT2D eigenvalue weighted by Gasteiger charge is 2.14. The minimum atomic E-state index is 0.635. The van der Waals surface area contributed by atoms with Gasteiger partial charge in [0.15, 0.2) is 5.82 Å². The number of ether oxygens (including phenoxy) is 1. The van der Waals surface area contributed by atoms with Gasteiger partial charge >= 0.3 is 0 Å². The smallest absolute Gasteiger partial charge is 0.181 e. The molecule has 100 valence electrons. The summed E-state index contributed by atoms with van der Waals surface area (Å²) in [4.78, 5) is 4.32. The second-order valence-corrected chi connectivity index (χ2v) is 4.93. The monoisotopic (exact) mass is 258 g/mol. The summed E-state index contributed by atoms with van der Waals surface area (Å²) in [5.74, 6) is 2.21. The molecule has 0 aliphatic carbocycles. The van der Waals surface area contributed by atoms with Gasteiger partial charge in [-0.15, -0.1) is 0 Å². The van der Waals surface area contributed by atoms with E-state index in [1.54, 1.807) is 0 Å². The van der Waals surface area contributed by atoms with Gasteiger partial charge in [-0.2, -0.15) is 5.10 Å². The van der Waals surface area contributed by atoms with Gasteiger partial charge in [-0.1, -0.05) is 0 Å². The minimum absolute atomic E-state index is 0.635. The van der Waals surface area contributed by atoms with Crippen molar-refractivity contribution in [3.05, 3.63) is 30.1 Å². The van der Waals surface area contributed by atoms with Crippen molar-refractivity contribution in [2.45, 2.75) is 13.3 Å². The van der Waals surface area contributed by atoms with Gasteiger partial charge in [0.25, 0.3) is 0 Å². The number of anilines is 1. The zero-order valence-electron chi connectivity index (χ0n) is 11.0. The van der Waals surface area contributed by atoms with Crippen LogP contribution in [-0.2, 0) is 4.74 Å². The van der Waals surface area contributed by atoms with Gasteiger partial charge in [0.05, 0.1) is 6.61 Å². The zero-order chi connectivity index (χ0) is 13.1. The van der Waals surface area contributed by atoms with Gasteiger partial charge in [0.1, 0.15) is 5.82 Å². The van der Waals surface area contributed by atoms with E-state index in [0.717, 1.165) is 49.1 Å². The van der Waals surface area contributed by atoms with E-state index in [2.05, 4.69) is 32.6 Å². The van der Waals surface area contributed by atoms with E-state index >= 15 is 0 Å². The van der Waals surface area contributed by atoms with Crippen molar-refractivity contribution in [1.82, 2.24) is 15.2 Å². The van der Waals surface area contributed by atoms with E-state index in [1.807, 2.05) is 19.1 Å². The molecule has 0 saturated carbocycles. The van der Waals surface area contributed by atoms with E-state index in [4.69, 9.17) is 4.74 Å². The van der Waals surface area contributed by atoms with Crippen molar-refractivity contribution in [3.8, 4) is 11.4 Å². The van der Waals surface area contributed by atoms with E-state index < -0.39 is 0 Å². The Hall–Kier alpha value is -1.88. The molecular formula is C14H18N4O. The lowest BCUT2D eigenvalue weighted by Crippen LogP contribution is -2.13. The molecule has 1 aromatic heterocycles. The Morgan fingerprint density at radius 3 is 2.84 bits per heavy atom. The van der Waals surface area contributed by atoms with Gasteiger partial charge in [0.2, 0.25) is 0 Å². The van der Waals surface area contributed by atoms with Crippen molar-refractivity contribution in [2.24, 2.45) is 5.92 Å². The molecule has 1 atom stereocenters. The summed E-state index contributed by atoms with van der Waals surface area (Å²) in [5.41, 5.74) is 2.15. The van der Waals surface area contributed by atoms with Crippen LogP contribution in [0.1, 0.15) is 12.2 Å². The molecule has 0 amide bonds. The summed E-state index contributed by atoms with van der Waals surface area (Å²) in [5, 5.41) is 10.4. The maximum absolute atomic E-state index is 5.36. The first-order valence-corrected chi connectivity index (χ1v) is 6.62. The first kappa shape index (κ1) is 12.2. The molecule has 1 fully saturated rings. The highest BCUT2D eigenvalue weighted by Crippen LogP contribution is 2.19. The fourth-order valence-corrected chi connectivity index (χ4v) is 2.22. The van der Waals surface area contributed by atoms with Crippen molar-refractivity contribution in [2.75, 3.05) is 25.1 Å². The fraction of sp³-hybridized carbons (Fsp3) is 0.429. The van der Waals surface area contributed by atoms with Crippen LogP contribution in [0.5, 0.6) is 0 Å². The van der Waals surface area contributed by atoms with Gasteiger partial charge in [-0.3, -0.25) is 5.10 Å². The lowest BCUT2D eigenvalue weighted by atomic mass is 10.1. The lowest BCUT2D eigenvalue weighted by Gasteiger charge is -2.10. The topological polar surface area (TPSA) is 62.8 Å². The van der Waals surface area contributed by atoms with Crippen LogP contribution in [0.4, 0.5) is 5.69 Å². The van der Waals surface area contributed by atoms with Crippen LogP contribution in [0.15, 0.2) is 24.3 Å². The largest absolute Gasteiger partial charge is 0.385 e. The number of hydrogen-bond acceptors (Lipinski definition) is 4. The second kappa shape index (κ2) is 5.40. The average Bonchev–Trinajstić information content (AvgIpc) is 3.08. The van der Waals surface area contributed by atoms with Crippen molar-refractivity contribution >= 4 is 5.69 Å².